The molecule has 0 saturated heterocycles. The third-order valence-corrected chi connectivity index (χ3v) is 15.5. The molecular weight excluding hydrogens is 1110 g/mol. The van der Waals surface area contributed by atoms with Crippen LogP contribution >= 0.6 is 7.82 Å². The van der Waals surface area contributed by atoms with Crippen molar-refractivity contribution >= 4 is 19.8 Å². The highest BCUT2D eigenvalue weighted by Gasteiger charge is 2.27. The maximum absolute atomic E-state index is 12.9. The van der Waals surface area contributed by atoms with Crippen LogP contribution in [-0.2, 0) is 32.7 Å². The number of esters is 2. The van der Waals surface area contributed by atoms with Crippen LogP contribution in [-0.4, -0.2) is 74.9 Å². The summed E-state index contributed by atoms with van der Waals surface area (Å²) in [5.74, 6) is -0.812. The minimum absolute atomic E-state index is 0.0226. The normalized spacial score (nSPS) is 14.1. The lowest BCUT2D eigenvalue weighted by molar-refractivity contribution is -0.870. The van der Waals surface area contributed by atoms with E-state index < -0.39 is 26.5 Å². The van der Waals surface area contributed by atoms with Crippen molar-refractivity contribution in [3.8, 4) is 0 Å². The van der Waals surface area contributed by atoms with Gasteiger partial charge in [-0.05, 0) is 122 Å². The summed E-state index contributed by atoms with van der Waals surface area (Å²) in [6.45, 7) is 4.20. The second-order valence-electron chi connectivity index (χ2n) is 24.2. The SMILES string of the molecule is CC/C=C\C/C=C\C/C=C\C/C=C\C/C=C\C/C=C\C/C=C\C/C=C\CCCCCCCCCCC(=O)OC(COC(=O)CCCCCCCCCCCCCCCCC/C=C\C/C=C\C/C=C\C/C=C\C/C=C\CC)COP(=O)(O)OCC[N+](C)(C)C. The topological polar surface area (TPSA) is 108 Å². The van der Waals surface area contributed by atoms with Gasteiger partial charge in [-0.25, -0.2) is 4.57 Å². The van der Waals surface area contributed by atoms with Crippen molar-refractivity contribution in [1.29, 1.82) is 0 Å². The standard InChI is InChI=1S/C78H130NO8P/c1-6-8-10-12-14-16-18-20-22-24-26-28-30-32-34-36-38-39-41-43-45-47-49-51-53-55-57-59-61-63-65-67-69-71-78(81)87-76(75-86-88(82,83)85-73-72-79(3,4)5)74-84-77(80)70-68-66-64-62-60-58-56-54-52-50-48-46-44-42-40-37-35-33-31-29-27-25-23-21-19-17-15-13-11-9-7-2/h8-11,14-17,20-23,26-29,32-35,38-39,43,45,49,51,76H,6-7,12-13,18-19,24-25,30-31,36-37,40-42,44,46-48,50,52-75H2,1-5H3/p+1/b10-8-,11-9-,16-14-,17-15-,22-20-,23-21-,28-26-,29-27-,34-32-,35-33-,39-38-,45-43-,51-49-. The van der Waals surface area contributed by atoms with E-state index in [1.54, 1.807) is 0 Å². The molecule has 0 heterocycles. The van der Waals surface area contributed by atoms with Gasteiger partial charge >= 0.3 is 19.8 Å². The van der Waals surface area contributed by atoms with Crippen molar-refractivity contribution in [2.45, 2.75) is 277 Å². The molecule has 9 nitrogen and oxygen atoms in total. The Labute approximate surface area is 541 Å². The van der Waals surface area contributed by atoms with E-state index in [9.17, 15) is 19.0 Å². The molecular formula is C78H131NO8P+. The number of rotatable bonds is 63. The molecule has 2 unspecified atom stereocenters. The fraction of sp³-hybridized carbons (Fsp3) is 0.641. The fourth-order valence-corrected chi connectivity index (χ4v) is 9.98. The zero-order valence-corrected chi connectivity index (χ0v) is 57.8. The molecule has 0 aromatic heterocycles. The van der Waals surface area contributed by atoms with E-state index in [0.29, 0.717) is 17.4 Å². The first-order valence-electron chi connectivity index (χ1n) is 35.2. The summed E-state index contributed by atoms with van der Waals surface area (Å²) in [5.41, 5.74) is 0. The minimum Gasteiger partial charge on any atom is -0.462 e. The van der Waals surface area contributed by atoms with Crippen molar-refractivity contribution < 1.29 is 42.1 Å². The predicted octanol–water partition coefficient (Wildman–Crippen LogP) is 23.2. The Balaban J connectivity index is 4.12. The van der Waals surface area contributed by atoms with Crippen LogP contribution in [0.4, 0.5) is 0 Å². The van der Waals surface area contributed by atoms with E-state index in [1.807, 2.05) is 21.1 Å². The maximum Gasteiger partial charge on any atom is 0.472 e. The van der Waals surface area contributed by atoms with Gasteiger partial charge in [0.15, 0.2) is 6.10 Å². The van der Waals surface area contributed by atoms with Crippen LogP contribution in [0.2, 0.25) is 0 Å². The summed E-state index contributed by atoms with van der Waals surface area (Å²) < 4.78 is 34.7. The summed E-state index contributed by atoms with van der Waals surface area (Å²) >= 11 is 0. The van der Waals surface area contributed by atoms with Crippen molar-refractivity contribution in [2.24, 2.45) is 0 Å². The first kappa shape index (κ1) is 83.6. The van der Waals surface area contributed by atoms with Crippen molar-refractivity contribution in [2.75, 3.05) is 47.5 Å². The van der Waals surface area contributed by atoms with E-state index in [4.69, 9.17) is 18.5 Å². The first-order chi connectivity index (χ1) is 43.0. The zero-order valence-electron chi connectivity index (χ0n) is 56.9. The summed E-state index contributed by atoms with van der Waals surface area (Å²) in [7, 11) is 1.46. The van der Waals surface area contributed by atoms with E-state index in [2.05, 4.69) is 172 Å². The highest BCUT2D eigenvalue weighted by Crippen LogP contribution is 2.43. The first-order valence-corrected chi connectivity index (χ1v) is 36.7. The fourth-order valence-electron chi connectivity index (χ4n) is 9.24. The molecule has 0 amide bonds. The van der Waals surface area contributed by atoms with Crippen LogP contribution < -0.4 is 0 Å². The van der Waals surface area contributed by atoms with E-state index in [-0.39, 0.29) is 32.0 Å². The van der Waals surface area contributed by atoms with E-state index in [0.717, 1.165) is 128 Å². The molecule has 2 atom stereocenters. The minimum atomic E-state index is -4.41. The number of phosphoric acid groups is 1. The molecule has 0 rings (SSSR count). The van der Waals surface area contributed by atoms with Gasteiger partial charge in [0.1, 0.15) is 19.8 Å². The highest BCUT2D eigenvalue weighted by molar-refractivity contribution is 7.47. The maximum atomic E-state index is 12.9. The number of phosphoric ester groups is 1. The smallest absolute Gasteiger partial charge is 0.462 e. The Morgan fingerprint density at radius 2 is 0.614 bits per heavy atom. The molecule has 0 aliphatic heterocycles. The highest BCUT2D eigenvalue weighted by atomic mass is 31.2. The Bertz CT molecular complexity index is 2040. The van der Waals surface area contributed by atoms with Crippen LogP contribution in [0.3, 0.4) is 0 Å². The van der Waals surface area contributed by atoms with E-state index >= 15 is 0 Å². The Morgan fingerprint density at radius 3 is 0.909 bits per heavy atom. The monoisotopic (exact) mass is 1240 g/mol. The number of nitrogens with zero attached hydrogens (tertiary/aromatic N) is 1. The van der Waals surface area contributed by atoms with Crippen molar-refractivity contribution in [3.05, 3.63) is 158 Å². The van der Waals surface area contributed by atoms with Gasteiger partial charge in [-0.1, -0.05) is 294 Å². The largest absolute Gasteiger partial charge is 0.472 e. The predicted molar refractivity (Wildman–Crippen MR) is 380 cm³/mol. The van der Waals surface area contributed by atoms with Crippen molar-refractivity contribution in [1.82, 2.24) is 0 Å². The summed E-state index contributed by atoms with van der Waals surface area (Å²) in [6.07, 6.45) is 101. The number of quaternary nitrogens is 1. The van der Waals surface area contributed by atoms with Gasteiger partial charge in [-0.3, -0.25) is 18.6 Å². The number of unbranched alkanes of at least 4 members (excludes halogenated alkanes) is 23. The molecule has 0 spiro atoms. The molecule has 0 radical (unpaired) electrons. The second kappa shape index (κ2) is 67.0. The number of carbonyl (C=O) groups is 2. The quantitative estimate of drug-likeness (QED) is 0.0211. The Kier molecular flexibility index (Phi) is 63.7. The van der Waals surface area contributed by atoms with Gasteiger partial charge in [-0.2, -0.15) is 0 Å². The lowest BCUT2D eigenvalue weighted by Gasteiger charge is -2.24. The molecule has 10 heteroatoms. The summed E-state index contributed by atoms with van der Waals surface area (Å²) in [4.78, 5) is 35.9. The van der Waals surface area contributed by atoms with Crippen LogP contribution in [0.15, 0.2) is 158 Å². The molecule has 500 valence electrons. The average Bonchev–Trinajstić information content (AvgIpc) is 3.56. The van der Waals surface area contributed by atoms with Gasteiger partial charge in [-0.15, -0.1) is 0 Å². The summed E-state index contributed by atoms with van der Waals surface area (Å²) in [6, 6.07) is 0. The van der Waals surface area contributed by atoms with Crippen LogP contribution in [0.5, 0.6) is 0 Å². The molecule has 0 fully saturated rings. The van der Waals surface area contributed by atoms with Crippen LogP contribution in [0.25, 0.3) is 0 Å². The van der Waals surface area contributed by atoms with Crippen LogP contribution in [0, 0.1) is 0 Å². The molecule has 0 aliphatic rings. The summed E-state index contributed by atoms with van der Waals surface area (Å²) in [5, 5.41) is 0. The molecule has 0 aromatic carbocycles. The second-order valence-corrected chi connectivity index (χ2v) is 25.6. The lowest BCUT2D eigenvalue weighted by atomic mass is 10.0. The molecule has 0 bridgehead atoms. The number of carbonyl (C=O) groups excluding carboxylic acids is 2. The van der Waals surface area contributed by atoms with Crippen molar-refractivity contribution in [3.63, 3.8) is 0 Å². The third-order valence-electron chi connectivity index (χ3n) is 14.6. The Hall–Kier alpha value is -4.37. The molecule has 1 N–H and O–H groups in total. The van der Waals surface area contributed by atoms with Gasteiger partial charge in [0.25, 0.3) is 0 Å². The number of hydrogen-bond acceptors (Lipinski definition) is 7. The van der Waals surface area contributed by atoms with Gasteiger partial charge in [0.05, 0.1) is 27.7 Å². The average molecular weight is 1240 g/mol. The van der Waals surface area contributed by atoms with Gasteiger partial charge in [0.2, 0.25) is 0 Å². The Morgan fingerprint density at radius 1 is 0.352 bits per heavy atom. The molecule has 88 heavy (non-hydrogen) atoms. The number of ether oxygens (including phenoxy) is 2. The van der Waals surface area contributed by atoms with Gasteiger partial charge < -0.3 is 18.9 Å². The molecule has 0 aromatic rings. The molecule has 0 saturated carbocycles. The lowest BCUT2D eigenvalue weighted by Crippen LogP contribution is -2.37. The third kappa shape index (κ3) is 70.7. The van der Waals surface area contributed by atoms with Crippen LogP contribution in [0.1, 0.15) is 271 Å². The number of allylic oxidation sites excluding steroid dienone is 26. The zero-order chi connectivity index (χ0) is 64.1. The van der Waals surface area contributed by atoms with Gasteiger partial charge in [0, 0.05) is 12.8 Å². The molecule has 0 aliphatic carbocycles. The number of hydrogen-bond donors (Lipinski definition) is 1. The van der Waals surface area contributed by atoms with E-state index in [1.165, 1.54) is 109 Å². The number of likely N-dealkylation sites (N-methyl/N-ethyl adjacent to an activating group) is 1.